The zero-order chi connectivity index (χ0) is 26.5. The number of carbonyl (C=O) groups excluding carboxylic acids is 1. The molecule has 9 heteroatoms. The van der Waals surface area contributed by atoms with Crippen molar-refractivity contribution in [3.05, 3.63) is 59.0 Å². The average Bonchev–Trinajstić information content (AvgIpc) is 2.77. The van der Waals surface area contributed by atoms with Crippen molar-refractivity contribution in [2.24, 2.45) is 0 Å². The zero-order valence-corrected chi connectivity index (χ0v) is 22.2. The molecule has 1 heterocycles. The minimum atomic E-state index is -0.571. The number of carbonyl (C=O) groups is 1. The van der Waals surface area contributed by atoms with E-state index in [2.05, 4.69) is 0 Å². The Hall–Kier alpha value is -3.59. The number of hydrogen-bond donors (Lipinski definition) is 0. The Morgan fingerprint density at radius 1 is 1.03 bits per heavy atom. The van der Waals surface area contributed by atoms with Gasteiger partial charge in [-0.1, -0.05) is 11.8 Å². The predicted molar refractivity (Wildman–Crippen MR) is 138 cm³/mol. The standard InChI is InChI=1S/C27H30O8S/c1-16(2)33-21-15-20-24(26(31-7)25(21)30-6)19(28)14-23(34-20)36-18-10-8-17(9-11-18)32-13-12-22(29)35-27(3,4)5/h8-16H,1-7H3. The van der Waals surface area contributed by atoms with Gasteiger partial charge in [-0.2, -0.15) is 0 Å². The third kappa shape index (κ3) is 6.97. The molecule has 36 heavy (non-hydrogen) atoms. The summed E-state index contributed by atoms with van der Waals surface area (Å²) >= 11 is 1.28. The SMILES string of the molecule is COc1c(OC(C)C)cc2oc(Sc3ccc(OC=CC(=O)OC(C)(C)C)cc3)cc(=O)c2c1OC. The number of methoxy groups -OCH3 is 2. The number of benzene rings is 2. The molecule has 0 spiro atoms. The fraction of sp³-hybridized carbons (Fsp3) is 0.333. The molecule has 0 unspecified atom stereocenters. The van der Waals surface area contributed by atoms with Gasteiger partial charge in [-0.05, 0) is 58.9 Å². The van der Waals surface area contributed by atoms with E-state index in [4.69, 9.17) is 28.1 Å². The van der Waals surface area contributed by atoms with Crippen LogP contribution in [0.5, 0.6) is 23.0 Å². The van der Waals surface area contributed by atoms with Gasteiger partial charge in [0, 0.05) is 17.0 Å². The van der Waals surface area contributed by atoms with Crippen LogP contribution < -0.4 is 24.4 Å². The zero-order valence-electron chi connectivity index (χ0n) is 21.4. The largest absolute Gasteiger partial charge is 0.492 e. The Labute approximate surface area is 214 Å². The molecule has 0 N–H and O–H groups in total. The van der Waals surface area contributed by atoms with Gasteiger partial charge < -0.3 is 28.1 Å². The van der Waals surface area contributed by atoms with Gasteiger partial charge >= 0.3 is 5.97 Å². The maximum atomic E-state index is 13.0. The summed E-state index contributed by atoms with van der Waals surface area (Å²) in [5.74, 6) is 1.06. The van der Waals surface area contributed by atoms with E-state index in [0.29, 0.717) is 27.9 Å². The minimum Gasteiger partial charge on any atom is -0.492 e. The molecule has 2 aromatic carbocycles. The molecule has 0 radical (unpaired) electrons. The van der Waals surface area contributed by atoms with E-state index >= 15 is 0 Å². The maximum Gasteiger partial charge on any atom is 0.334 e. The van der Waals surface area contributed by atoms with Gasteiger partial charge in [0.05, 0.1) is 32.7 Å². The second-order valence-corrected chi connectivity index (χ2v) is 10.0. The van der Waals surface area contributed by atoms with Crippen LogP contribution in [-0.4, -0.2) is 31.9 Å². The summed E-state index contributed by atoms with van der Waals surface area (Å²) in [5, 5.41) is 0.670. The monoisotopic (exact) mass is 514 g/mol. The van der Waals surface area contributed by atoms with Gasteiger partial charge in [-0.15, -0.1) is 0 Å². The lowest BCUT2D eigenvalue weighted by molar-refractivity contribution is -0.148. The van der Waals surface area contributed by atoms with Crippen LogP contribution in [0.2, 0.25) is 0 Å². The van der Waals surface area contributed by atoms with Crippen molar-refractivity contribution in [2.75, 3.05) is 14.2 Å². The summed E-state index contributed by atoms with van der Waals surface area (Å²) in [7, 11) is 2.95. The highest BCUT2D eigenvalue weighted by Gasteiger charge is 2.22. The van der Waals surface area contributed by atoms with Crippen molar-refractivity contribution in [3.63, 3.8) is 0 Å². The van der Waals surface area contributed by atoms with E-state index in [-0.39, 0.29) is 22.7 Å². The van der Waals surface area contributed by atoms with Gasteiger partial charge in [0.1, 0.15) is 22.3 Å². The molecule has 0 amide bonds. The lowest BCUT2D eigenvalue weighted by Crippen LogP contribution is -2.22. The summed E-state index contributed by atoms with van der Waals surface area (Å²) in [4.78, 5) is 25.5. The van der Waals surface area contributed by atoms with Crippen molar-refractivity contribution < 1.29 is 32.9 Å². The molecule has 0 saturated heterocycles. The molecule has 1 aromatic heterocycles. The first kappa shape index (κ1) is 27.0. The molecule has 192 valence electrons. The molecule has 0 aliphatic rings. The molecule has 3 aromatic rings. The van der Waals surface area contributed by atoms with Gasteiger partial charge in [-0.25, -0.2) is 4.79 Å². The van der Waals surface area contributed by atoms with Crippen LogP contribution in [0, 0.1) is 0 Å². The summed E-state index contributed by atoms with van der Waals surface area (Å²) in [5.41, 5.74) is -0.513. The average molecular weight is 515 g/mol. The molecule has 0 aliphatic carbocycles. The van der Waals surface area contributed by atoms with E-state index in [1.807, 2.05) is 26.0 Å². The minimum absolute atomic E-state index is 0.120. The van der Waals surface area contributed by atoms with E-state index in [0.717, 1.165) is 4.90 Å². The van der Waals surface area contributed by atoms with Crippen LogP contribution in [0.1, 0.15) is 34.6 Å². The van der Waals surface area contributed by atoms with Crippen molar-refractivity contribution in [2.45, 2.75) is 56.3 Å². The highest BCUT2D eigenvalue weighted by Crippen LogP contribution is 2.43. The van der Waals surface area contributed by atoms with E-state index in [1.165, 1.54) is 44.4 Å². The van der Waals surface area contributed by atoms with Crippen molar-refractivity contribution >= 4 is 28.7 Å². The normalized spacial score (nSPS) is 11.7. The predicted octanol–water partition coefficient (Wildman–Crippen LogP) is 5.98. The van der Waals surface area contributed by atoms with Crippen molar-refractivity contribution in [1.82, 2.24) is 0 Å². The summed E-state index contributed by atoms with van der Waals surface area (Å²) in [6.45, 7) is 9.15. The van der Waals surface area contributed by atoms with Crippen LogP contribution in [-0.2, 0) is 9.53 Å². The van der Waals surface area contributed by atoms with Crippen LogP contribution in [0.15, 0.2) is 67.9 Å². The number of ether oxygens (including phenoxy) is 5. The molecular weight excluding hydrogens is 484 g/mol. The van der Waals surface area contributed by atoms with Crippen LogP contribution >= 0.6 is 11.8 Å². The second kappa shape index (κ2) is 11.4. The molecule has 0 atom stereocenters. The molecule has 0 saturated carbocycles. The number of esters is 1. The third-order valence-corrected chi connectivity index (χ3v) is 5.41. The van der Waals surface area contributed by atoms with E-state index in [9.17, 15) is 9.59 Å². The Balaban J connectivity index is 1.81. The molecule has 0 aliphatic heterocycles. The van der Waals surface area contributed by atoms with Gasteiger partial charge in [0.15, 0.2) is 22.0 Å². The van der Waals surface area contributed by atoms with Crippen LogP contribution in [0.3, 0.4) is 0 Å². The summed E-state index contributed by atoms with van der Waals surface area (Å²) in [6, 6.07) is 10.1. The highest BCUT2D eigenvalue weighted by molar-refractivity contribution is 7.99. The smallest absolute Gasteiger partial charge is 0.334 e. The van der Waals surface area contributed by atoms with Gasteiger partial charge in [0.2, 0.25) is 5.75 Å². The first-order valence-electron chi connectivity index (χ1n) is 11.2. The lowest BCUT2D eigenvalue weighted by atomic mass is 10.1. The van der Waals surface area contributed by atoms with Crippen molar-refractivity contribution in [1.29, 1.82) is 0 Å². The number of rotatable bonds is 9. The molecule has 3 rings (SSSR count). The fourth-order valence-corrected chi connectivity index (χ4v) is 4.01. The van der Waals surface area contributed by atoms with E-state index in [1.54, 1.807) is 39.0 Å². The Kier molecular flexibility index (Phi) is 8.57. The number of hydrogen-bond acceptors (Lipinski definition) is 9. The van der Waals surface area contributed by atoms with E-state index < -0.39 is 11.6 Å². The van der Waals surface area contributed by atoms with Gasteiger partial charge in [0.25, 0.3) is 0 Å². The Bertz CT molecular complexity index is 1300. The quantitative estimate of drug-likeness (QED) is 0.194. The topological polar surface area (TPSA) is 93.4 Å². The number of fused-ring (bicyclic) bond motifs is 1. The molecule has 0 fully saturated rings. The van der Waals surface area contributed by atoms with Crippen molar-refractivity contribution in [3.8, 4) is 23.0 Å². The molecule has 8 nitrogen and oxygen atoms in total. The molecular formula is C27H30O8S. The summed E-state index contributed by atoms with van der Waals surface area (Å²) in [6.07, 6.45) is 2.37. The third-order valence-electron chi connectivity index (χ3n) is 4.50. The van der Waals surface area contributed by atoms with Crippen LogP contribution in [0.25, 0.3) is 11.0 Å². The summed E-state index contributed by atoms with van der Waals surface area (Å²) < 4.78 is 33.4. The maximum absolute atomic E-state index is 13.0. The second-order valence-electron chi connectivity index (χ2n) is 8.94. The highest BCUT2D eigenvalue weighted by atomic mass is 32.2. The first-order valence-corrected chi connectivity index (χ1v) is 12.1. The van der Waals surface area contributed by atoms with Crippen LogP contribution in [0.4, 0.5) is 0 Å². The fourth-order valence-electron chi connectivity index (χ4n) is 3.21. The van der Waals surface area contributed by atoms with Gasteiger partial charge in [-0.3, -0.25) is 4.79 Å². The first-order chi connectivity index (χ1) is 17.0. The lowest BCUT2D eigenvalue weighted by Gasteiger charge is -2.17. The Morgan fingerprint density at radius 2 is 1.69 bits per heavy atom. The Morgan fingerprint density at radius 3 is 2.28 bits per heavy atom. The molecule has 0 bridgehead atoms.